The molecule has 23 atom stereocenters. The molecule has 0 amide bonds. The van der Waals surface area contributed by atoms with Crippen molar-refractivity contribution in [3.63, 3.8) is 0 Å². The number of carboxylic acids is 1. The van der Waals surface area contributed by atoms with Crippen molar-refractivity contribution in [3.8, 4) is 0 Å². The van der Waals surface area contributed by atoms with Crippen molar-refractivity contribution in [1.29, 1.82) is 0 Å². The fourth-order valence-electron chi connectivity index (χ4n) is 14.6. The average Bonchev–Trinajstić information content (AvgIpc) is 3.23. The molecule has 3 saturated heterocycles. The van der Waals surface area contributed by atoms with Crippen molar-refractivity contribution in [1.82, 2.24) is 0 Å². The van der Waals surface area contributed by atoms with Gasteiger partial charge in [-0.2, -0.15) is 0 Å². The normalized spacial score (nSPS) is 55.0. The summed E-state index contributed by atoms with van der Waals surface area (Å²) in [6, 6.07) is 0. The second-order valence-corrected chi connectivity index (χ2v) is 22.4. The summed E-state index contributed by atoms with van der Waals surface area (Å²) in [6.07, 6.45) is -13.6. The smallest absolute Gasteiger partial charge is 0.310 e. The van der Waals surface area contributed by atoms with Gasteiger partial charge in [0.1, 0.15) is 67.1 Å². The van der Waals surface area contributed by atoms with Crippen LogP contribution in [0.3, 0.4) is 0 Å². The molecule has 8 rings (SSSR count). The van der Waals surface area contributed by atoms with Crippen molar-refractivity contribution in [2.45, 2.75) is 203 Å². The summed E-state index contributed by atoms with van der Waals surface area (Å²) < 4.78 is 36.4. The first-order valence-corrected chi connectivity index (χ1v) is 23.4. The minimum Gasteiger partial charge on any atom is -0.481 e. The van der Waals surface area contributed by atoms with Crippen LogP contribution in [0.25, 0.3) is 0 Å². The summed E-state index contributed by atoms with van der Waals surface area (Å²) in [6.45, 7) is 11.6. The molecular formula is C46H74O18. The molecule has 4 saturated carbocycles. The monoisotopic (exact) mass is 914 g/mol. The number of ether oxygens (including phenoxy) is 6. The molecule has 7 fully saturated rings. The molecule has 9 unspecified atom stereocenters. The lowest BCUT2D eigenvalue weighted by atomic mass is 9.33. The lowest BCUT2D eigenvalue weighted by molar-refractivity contribution is -0.382. The quantitative estimate of drug-likeness (QED) is 0.108. The lowest BCUT2D eigenvalue weighted by Crippen LogP contribution is -2.66. The van der Waals surface area contributed by atoms with Gasteiger partial charge in [0.2, 0.25) is 0 Å². The Morgan fingerprint density at radius 1 is 0.688 bits per heavy atom. The number of carbonyl (C=O) groups is 1. The summed E-state index contributed by atoms with van der Waals surface area (Å²) in [5.41, 5.74) is -1.61. The van der Waals surface area contributed by atoms with Gasteiger partial charge in [0.25, 0.3) is 0 Å². The highest BCUT2D eigenvalue weighted by atomic mass is 16.8. The molecule has 0 spiro atoms. The number of rotatable bonds is 9. The number of carboxylic acid groups (broad SMARTS) is 1. The minimum atomic E-state index is -1.83. The van der Waals surface area contributed by atoms with E-state index in [4.69, 9.17) is 28.4 Å². The molecule has 0 aromatic rings. The highest BCUT2D eigenvalue weighted by Gasteiger charge is 2.70. The van der Waals surface area contributed by atoms with Crippen LogP contribution in [0.4, 0.5) is 0 Å². The topological polar surface area (TPSA) is 295 Å². The van der Waals surface area contributed by atoms with Crippen LogP contribution in [0.2, 0.25) is 0 Å². The van der Waals surface area contributed by atoms with Gasteiger partial charge >= 0.3 is 5.97 Å². The molecule has 18 nitrogen and oxygen atoms in total. The van der Waals surface area contributed by atoms with Gasteiger partial charge in [0.05, 0.1) is 36.9 Å². The number of fused-ring (bicyclic) bond motifs is 7. The van der Waals surface area contributed by atoms with Crippen LogP contribution in [-0.4, -0.2) is 180 Å². The van der Waals surface area contributed by atoms with E-state index in [1.165, 1.54) is 5.57 Å². The molecule has 64 heavy (non-hydrogen) atoms. The molecule has 18 heteroatoms. The third-order valence-electron chi connectivity index (χ3n) is 18.8. The minimum absolute atomic E-state index is 0.142. The standard InChI is InChI=1S/C46H74O18/c1-41(2)26-9-12-45(6)27(8-7-21-22-17-42(3,58)13-15-46(22,40(56)57)16-14-44(21,45)5)43(26,4)11-10-28(41)63-39-36(64-38-35(55)33(53)30(50)24(19-48)61-38)31(51)25(20-59-39)62-37-34(54)32(52)29(49)23(18-47)60-37/h7,22-39,47-55,58H,8-20H2,1-6H3,(H,56,57)/t22?,23-,24-,25+,26?,27?,28?,29-,30-,31+,32+,33+,34-,35-,36-,37+,38+,39+,42?,43?,44?,45?,46?/m1/s1. The predicted octanol–water partition coefficient (Wildman–Crippen LogP) is 0.0701. The number of aliphatic carboxylic acids is 1. The van der Waals surface area contributed by atoms with E-state index in [1.54, 1.807) is 0 Å². The van der Waals surface area contributed by atoms with E-state index in [-0.39, 0.29) is 40.6 Å². The van der Waals surface area contributed by atoms with E-state index < -0.39 is 128 Å². The number of aliphatic hydroxyl groups excluding tert-OH is 9. The van der Waals surface area contributed by atoms with Gasteiger partial charge in [0.15, 0.2) is 18.9 Å². The van der Waals surface area contributed by atoms with Crippen LogP contribution in [0, 0.1) is 44.8 Å². The van der Waals surface area contributed by atoms with Crippen LogP contribution in [-0.2, 0) is 33.2 Å². The summed E-state index contributed by atoms with van der Waals surface area (Å²) in [7, 11) is 0. The summed E-state index contributed by atoms with van der Waals surface area (Å²) in [5, 5.41) is 117. The molecule has 8 aliphatic rings. The number of aliphatic hydroxyl groups is 10. The van der Waals surface area contributed by atoms with Crippen LogP contribution < -0.4 is 0 Å². The molecule has 5 aliphatic carbocycles. The Morgan fingerprint density at radius 2 is 1.28 bits per heavy atom. The van der Waals surface area contributed by atoms with Gasteiger partial charge in [0, 0.05) is 0 Å². The second-order valence-electron chi connectivity index (χ2n) is 22.4. The van der Waals surface area contributed by atoms with E-state index >= 15 is 0 Å². The van der Waals surface area contributed by atoms with Crippen LogP contribution >= 0.6 is 0 Å². The Bertz CT molecular complexity index is 1740. The molecule has 366 valence electrons. The number of hydrogen-bond acceptors (Lipinski definition) is 17. The number of hydrogen-bond donors (Lipinski definition) is 11. The Labute approximate surface area is 374 Å². The Morgan fingerprint density at radius 3 is 1.88 bits per heavy atom. The molecule has 0 radical (unpaired) electrons. The molecular weight excluding hydrogens is 840 g/mol. The van der Waals surface area contributed by atoms with Gasteiger partial charge < -0.3 is 84.6 Å². The van der Waals surface area contributed by atoms with Crippen molar-refractivity contribution < 1.29 is 89.4 Å². The largest absolute Gasteiger partial charge is 0.481 e. The summed E-state index contributed by atoms with van der Waals surface area (Å²) >= 11 is 0. The van der Waals surface area contributed by atoms with Gasteiger partial charge in [-0.15, -0.1) is 0 Å². The first-order chi connectivity index (χ1) is 29.9. The highest BCUT2D eigenvalue weighted by molar-refractivity contribution is 5.76. The lowest BCUT2D eigenvalue weighted by Gasteiger charge is -2.71. The number of allylic oxidation sites excluding steroid dienone is 2. The van der Waals surface area contributed by atoms with Crippen molar-refractivity contribution in [2.24, 2.45) is 44.8 Å². The summed E-state index contributed by atoms with van der Waals surface area (Å²) in [5.74, 6) is -0.564. The molecule has 3 aliphatic heterocycles. The van der Waals surface area contributed by atoms with E-state index in [9.17, 15) is 61.0 Å². The van der Waals surface area contributed by atoms with Crippen LogP contribution in [0.15, 0.2) is 11.6 Å². The van der Waals surface area contributed by atoms with Gasteiger partial charge in [-0.1, -0.05) is 46.3 Å². The zero-order valence-electron chi connectivity index (χ0n) is 37.9. The van der Waals surface area contributed by atoms with E-state index in [0.29, 0.717) is 32.1 Å². The van der Waals surface area contributed by atoms with Crippen LogP contribution in [0.1, 0.15) is 106 Å². The maximum absolute atomic E-state index is 13.1. The molecule has 0 aromatic heterocycles. The fraction of sp³-hybridized carbons (Fsp3) is 0.935. The van der Waals surface area contributed by atoms with Crippen LogP contribution in [0.5, 0.6) is 0 Å². The van der Waals surface area contributed by atoms with E-state index in [0.717, 1.165) is 32.1 Å². The summed E-state index contributed by atoms with van der Waals surface area (Å²) in [4.78, 5) is 13.1. The second kappa shape index (κ2) is 17.2. The highest BCUT2D eigenvalue weighted by Crippen LogP contribution is 2.75. The van der Waals surface area contributed by atoms with Crippen molar-refractivity contribution in [2.75, 3.05) is 19.8 Å². The SMILES string of the molecule is CC1(O)CCC2(C(=O)O)CCC3(C)C(=CCC4C5(C)CCC(O[C@@H]6OC[C@H](O[C@@H]7O[C@H](CO)[C@@H](O)[C@H](O)[C@H]7O)[C@H](O)[C@H]6O[C@@H]6O[C@H](CO)[C@@H](O)[C@H](O)[C@H]6O)C(C)(C)C5CCC43C)C2C1. The Kier molecular flexibility index (Phi) is 13.2. The maximum atomic E-state index is 13.1. The molecule has 0 aromatic carbocycles. The maximum Gasteiger partial charge on any atom is 0.310 e. The van der Waals surface area contributed by atoms with E-state index in [1.807, 2.05) is 6.92 Å². The third kappa shape index (κ3) is 7.56. The first kappa shape index (κ1) is 49.0. The molecule has 3 heterocycles. The van der Waals surface area contributed by atoms with E-state index in [2.05, 4.69) is 40.7 Å². The third-order valence-corrected chi connectivity index (χ3v) is 18.8. The van der Waals surface area contributed by atoms with Gasteiger partial charge in [-0.25, -0.2) is 0 Å². The average molecular weight is 915 g/mol. The van der Waals surface area contributed by atoms with Crippen molar-refractivity contribution in [3.05, 3.63) is 11.6 Å². The van der Waals surface area contributed by atoms with Gasteiger partial charge in [-0.3, -0.25) is 4.79 Å². The van der Waals surface area contributed by atoms with Crippen molar-refractivity contribution >= 4 is 5.97 Å². The first-order valence-electron chi connectivity index (χ1n) is 23.4. The fourth-order valence-corrected chi connectivity index (χ4v) is 14.6. The zero-order valence-corrected chi connectivity index (χ0v) is 37.9. The molecule has 0 bridgehead atoms. The Balaban J connectivity index is 1.04. The predicted molar refractivity (Wildman–Crippen MR) is 221 cm³/mol. The van der Waals surface area contributed by atoms with Gasteiger partial charge in [-0.05, 0) is 111 Å². The molecule has 11 N–H and O–H groups in total. The Hall–Kier alpha value is -1.43. The zero-order chi connectivity index (χ0) is 46.7.